The standard InChI is InChI=1S/C18H32N2O3/c1-13(2)19-8-6-14(7-9-19)18(22)20-10-11-23-12-16(20)15-4-3-5-17(15)21/h13-17,21H,3-12H2,1-2H3. The van der Waals surface area contributed by atoms with Crippen LogP contribution in [0.15, 0.2) is 0 Å². The number of carbonyl (C=O) groups is 1. The molecule has 3 unspecified atom stereocenters. The maximum Gasteiger partial charge on any atom is 0.226 e. The van der Waals surface area contributed by atoms with Crippen LogP contribution < -0.4 is 0 Å². The third kappa shape index (κ3) is 3.72. The summed E-state index contributed by atoms with van der Waals surface area (Å²) in [6.07, 6.45) is 4.63. The van der Waals surface area contributed by atoms with E-state index in [-0.39, 0.29) is 24.0 Å². The summed E-state index contributed by atoms with van der Waals surface area (Å²) >= 11 is 0. The van der Waals surface area contributed by atoms with Gasteiger partial charge in [-0.25, -0.2) is 0 Å². The van der Waals surface area contributed by atoms with E-state index in [1.165, 1.54) is 0 Å². The largest absolute Gasteiger partial charge is 0.393 e. The lowest BCUT2D eigenvalue weighted by Gasteiger charge is -2.43. The quantitative estimate of drug-likeness (QED) is 0.855. The van der Waals surface area contributed by atoms with Crippen LogP contribution in [0.4, 0.5) is 0 Å². The lowest BCUT2D eigenvalue weighted by molar-refractivity contribution is -0.150. The second-order valence-corrected chi connectivity index (χ2v) is 7.74. The first-order valence-electron chi connectivity index (χ1n) is 9.38. The molecule has 1 aliphatic carbocycles. The van der Waals surface area contributed by atoms with Gasteiger partial charge in [0.15, 0.2) is 0 Å². The number of piperidine rings is 1. The zero-order valence-electron chi connectivity index (χ0n) is 14.6. The van der Waals surface area contributed by atoms with Crippen molar-refractivity contribution in [2.45, 2.75) is 64.1 Å². The lowest BCUT2D eigenvalue weighted by atomic mass is 9.90. The van der Waals surface area contributed by atoms with E-state index in [9.17, 15) is 9.90 Å². The molecule has 0 spiro atoms. The summed E-state index contributed by atoms with van der Waals surface area (Å²) < 4.78 is 5.65. The Kier molecular flexibility index (Phi) is 5.60. The number of likely N-dealkylation sites (tertiary alicyclic amines) is 1. The fourth-order valence-corrected chi connectivity index (χ4v) is 4.57. The summed E-state index contributed by atoms with van der Waals surface area (Å²) in [7, 11) is 0. The van der Waals surface area contributed by atoms with Crippen molar-refractivity contribution in [1.29, 1.82) is 0 Å². The molecule has 1 saturated carbocycles. The maximum absolute atomic E-state index is 13.1. The van der Waals surface area contributed by atoms with Crippen molar-refractivity contribution in [1.82, 2.24) is 9.80 Å². The maximum atomic E-state index is 13.1. The van der Waals surface area contributed by atoms with Crippen molar-refractivity contribution in [3.05, 3.63) is 0 Å². The van der Waals surface area contributed by atoms with E-state index in [4.69, 9.17) is 4.74 Å². The van der Waals surface area contributed by atoms with Crippen LogP contribution in [0.25, 0.3) is 0 Å². The Labute approximate surface area is 140 Å². The molecule has 0 aromatic rings. The highest BCUT2D eigenvalue weighted by Crippen LogP contribution is 2.33. The molecule has 3 atom stereocenters. The minimum absolute atomic E-state index is 0.0804. The third-order valence-corrected chi connectivity index (χ3v) is 6.08. The highest BCUT2D eigenvalue weighted by atomic mass is 16.5. The highest BCUT2D eigenvalue weighted by molar-refractivity contribution is 5.79. The van der Waals surface area contributed by atoms with Gasteiger partial charge in [-0.3, -0.25) is 4.79 Å². The number of nitrogens with zero attached hydrogens (tertiary/aromatic N) is 2. The van der Waals surface area contributed by atoms with E-state index in [0.717, 1.165) is 45.2 Å². The second kappa shape index (κ2) is 7.49. The van der Waals surface area contributed by atoms with E-state index >= 15 is 0 Å². The van der Waals surface area contributed by atoms with Crippen LogP contribution >= 0.6 is 0 Å². The minimum atomic E-state index is -0.264. The normalized spacial score (nSPS) is 34.3. The average Bonchev–Trinajstić information content (AvgIpc) is 3.00. The lowest BCUT2D eigenvalue weighted by Crippen LogP contribution is -2.56. The highest BCUT2D eigenvalue weighted by Gasteiger charge is 2.41. The summed E-state index contributed by atoms with van der Waals surface area (Å²) in [5.74, 6) is 0.667. The first-order valence-corrected chi connectivity index (χ1v) is 9.38. The summed E-state index contributed by atoms with van der Waals surface area (Å²) in [4.78, 5) is 17.6. The van der Waals surface area contributed by atoms with Gasteiger partial charge in [-0.15, -0.1) is 0 Å². The Morgan fingerprint density at radius 2 is 1.87 bits per heavy atom. The minimum Gasteiger partial charge on any atom is -0.393 e. The van der Waals surface area contributed by atoms with Crippen LogP contribution in [0.1, 0.15) is 46.0 Å². The Balaban J connectivity index is 1.63. The zero-order valence-corrected chi connectivity index (χ0v) is 14.6. The molecule has 3 fully saturated rings. The summed E-state index contributed by atoms with van der Waals surface area (Å²) in [6.45, 7) is 8.42. The average molecular weight is 324 g/mol. The molecule has 0 bridgehead atoms. The van der Waals surface area contributed by atoms with E-state index in [1.54, 1.807) is 0 Å². The fourth-order valence-electron chi connectivity index (χ4n) is 4.57. The van der Waals surface area contributed by atoms with Gasteiger partial charge in [-0.05, 0) is 52.6 Å². The first kappa shape index (κ1) is 17.2. The molecule has 2 saturated heterocycles. The van der Waals surface area contributed by atoms with E-state index < -0.39 is 0 Å². The fraction of sp³-hybridized carbons (Fsp3) is 0.944. The van der Waals surface area contributed by atoms with Crippen LogP contribution in [0.2, 0.25) is 0 Å². The van der Waals surface area contributed by atoms with Gasteiger partial charge in [0, 0.05) is 24.4 Å². The van der Waals surface area contributed by atoms with Gasteiger partial charge in [-0.1, -0.05) is 6.42 Å². The molecule has 1 amide bonds. The van der Waals surface area contributed by atoms with Gasteiger partial charge in [-0.2, -0.15) is 0 Å². The van der Waals surface area contributed by atoms with Gasteiger partial charge >= 0.3 is 0 Å². The first-order chi connectivity index (χ1) is 11.1. The Morgan fingerprint density at radius 3 is 2.48 bits per heavy atom. The van der Waals surface area contributed by atoms with Gasteiger partial charge in [0.25, 0.3) is 0 Å². The van der Waals surface area contributed by atoms with Crippen LogP contribution in [-0.2, 0) is 9.53 Å². The molecule has 0 aromatic heterocycles. The van der Waals surface area contributed by atoms with Crippen molar-refractivity contribution in [2.75, 3.05) is 32.8 Å². The molecule has 23 heavy (non-hydrogen) atoms. The summed E-state index contributed by atoms with van der Waals surface area (Å²) in [6, 6.07) is 0.646. The third-order valence-electron chi connectivity index (χ3n) is 6.08. The number of amides is 1. The monoisotopic (exact) mass is 324 g/mol. The van der Waals surface area contributed by atoms with Crippen LogP contribution in [0.3, 0.4) is 0 Å². The molecule has 0 aromatic carbocycles. The Hall–Kier alpha value is -0.650. The SMILES string of the molecule is CC(C)N1CCC(C(=O)N2CCOCC2C2CCCC2O)CC1. The number of hydrogen-bond acceptors (Lipinski definition) is 4. The molecule has 0 radical (unpaired) electrons. The molecule has 5 heteroatoms. The van der Waals surface area contributed by atoms with E-state index in [0.29, 0.717) is 31.7 Å². The predicted molar refractivity (Wildman–Crippen MR) is 89.1 cm³/mol. The van der Waals surface area contributed by atoms with Crippen molar-refractivity contribution >= 4 is 5.91 Å². The van der Waals surface area contributed by atoms with Crippen molar-refractivity contribution in [2.24, 2.45) is 11.8 Å². The number of aliphatic hydroxyl groups is 1. The number of aliphatic hydroxyl groups excluding tert-OH is 1. The molecule has 132 valence electrons. The summed E-state index contributed by atoms with van der Waals surface area (Å²) in [5, 5.41) is 10.2. The molecule has 2 aliphatic heterocycles. The van der Waals surface area contributed by atoms with Crippen LogP contribution in [0, 0.1) is 11.8 Å². The topological polar surface area (TPSA) is 53.0 Å². The van der Waals surface area contributed by atoms with Crippen molar-refractivity contribution in [3.63, 3.8) is 0 Å². The van der Waals surface area contributed by atoms with Gasteiger partial charge in [0.1, 0.15) is 0 Å². The number of carbonyl (C=O) groups excluding carboxylic acids is 1. The van der Waals surface area contributed by atoms with E-state index in [1.807, 2.05) is 0 Å². The Bertz CT molecular complexity index is 407. The van der Waals surface area contributed by atoms with Crippen molar-refractivity contribution < 1.29 is 14.6 Å². The van der Waals surface area contributed by atoms with Gasteiger partial charge in [0.05, 0.1) is 25.4 Å². The number of morpholine rings is 1. The molecule has 2 heterocycles. The molecule has 3 aliphatic rings. The molecule has 3 rings (SSSR count). The molecule has 5 nitrogen and oxygen atoms in total. The summed E-state index contributed by atoms with van der Waals surface area (Å²) in [5.41, 5.74) is 0. The number of ether oxygens (including phenoxy) is 1. The van der Waals surface area contributed by atoms with E-state index in [2.05, 4.69) is 23.6 Å². The van der Waals surface area contributed by atoms with Gasteiger partial charge in [0.2, 0.25) is 5.91 Å². The van der Waals surface area contributed by atoms with Crippen LogP contribution in [0.5, 0.6) is 0 Å². The van der Waals surface area contributed by atoms with Crippen LogP contribution in [-0.4, -0.2) is 71.8 Å². The number of hydrogen-bond donors (Lipinski definition) is 1. The molecular weight excluding hydrogens is 292 g/mol. The second-order valence-electron chi connectivity index (χ2n) is 7.74. The molecular formula is C18H32N2O3. The van der Waals surface area contributed by atoms with Gasteiger partial charge < -0.3 is 19.6 Å². The Morgan fingerprint density at radius 1 is 1.13 bits per heavy atom. The zero-order chi connectivity index (χ0) is 16.4. The predicted octanol–water partition coefficient (Wildman–Crippen LogP) is 1.50. The smallest absolute Gasteiger partial charge is 0.226 e. The molecule has 1 N–H and O–H groups in total. The number of rotatable bonds is 3. The van der Waals surface area contributed by atoms with Crippen molar-refractivity contribution in [3.8, 4) is 0 Å².